The maximum Gasteiger partial charge on any atom is 0.266 e. The topological polar surface area (TPSA) is 38.3 Å². The molecule has 0 aromatic heterocycles. The lowest BCUT2D eigenvalue weighted by molar-refractivity contribution is -0.128. The number of benzene rings is 2. The van der Waals surface area contributed by atoms with Gasteiger partial charge in [0.2, 0.25) is 6.10 Å². The third kappa shape index (κ3) is 3.73. The Labute approximate surface area is 139 Å². The molecule has 0 spiro atoms. The summed E-state index contributed by atoms with van der Waals surface area (Å²) in [6.07, 6.45) is 1.35. The number of hydrogen-bond donors (Lipinski definition) is 1. The van der Waals surface area contributed by atoms with Crippen molar-refractivity contribution in [1.29, 1.82) is 0 Å². The monoisotopic (exact) mass is 335 g/mol. The van der Waals surface area contributed by atoms with Crippen LogP contribution >= 0.6 is 23.2 Å². The molecule has 1 aliphatic rings. The van der Waals surface area contributed by atoms with Crippen LogP contribution < -0.4 is 10.1 Å². The van der Waals surface area contributed by atoms with E-state index in [1.54, 1.807) is 18.2 Å². The molecule has 3 nitrogen and oxygen atoms in total. The van der Waals surface area contributed by atoms with Crippen LogP contribution in [0.3, 0.4) is 0 Å². The Morgan fingerprint density at radius 1 is 1.09 bits per heavy atom. The maximum absolute atomic E-state index is 12.5. The molecule has 0 bridgehead atoms. The highest BCUT2D eigenvalue weighted by atomic mass is 35.5. The van der Waals surface area contributed by atoms with E-state index >= 15 is 0 Å². The molecule has 1 aliphatic carbocycles. The minimum absolute atomic E-state index is 0.139. The molecule has 1 atom stereocenters. The van der Waals surface area contributed by atoms with Crippen LogP contribution in [0.25, 0.3) is 0 Å². The zero-order valence-electron chi connectivity index (χ0n) is 11.8. The number of rotatable bonds is 5. The first-order valence-corrected chi connectivity index (χ1v) is 7.86. The summed E-state index contributed by atoms with van der Waals surface area (Å²) < 4.78 is 5.87. The second-order valence-electron chi connectivity index (χ2n) is 5.27. The normalized spacial score (nSPS) is 15.2. The van der Waals surface area contributed by atoms with Crippen LogP contribution in [0.15, 0.2) is 48.5 Å². The van der Waals surface area contributed by atoms with Gasteiger partial charge in [0.1, 0.15) is 5.75 Å². The molecule has 2 aromatic rings. The van der Waals surface area contributed by atoms with Crippen LogP contribution in [0.5, 0.6) is 5.75 Å². The van der Waals surface area contributed by atoms with E-state index in [1.807, 2.05) is 30.3 Å². The van der Waals surface area contributed by atoms with Crippen LogP contribution in [-0.4, -0.2) is 11.9 Å². The van der Waals surface area contributed by atoms with Gasteiger partial charge in [-0.15, -0.1) is 0 Å². The molecule has 1 N–H and O–H groups in total. The average Bonchev–Trinajstić information content (AvgIpc) is 3.33. The number of nitrogens with one attached hydrogen (secondary N) is 1. The molecule has 22 heavy (non-hydrogen) atoms. The van der Waals surface area contributed by atoms with Crippen LogP contribution in [-0.2, 0) is 4.79 Å². The average molecular weight is 336 g/mol. The minimum atomic E-state index is -0.709. The molecular formula is C17H15Cl2NO2. The van der Waals surface area contributed by atoms with Gasteiger partial charge in [-0.3, -0.25) is 4.79 Å². The molecule has 0 heterocycles. The first kappa shape index (κ1) is 15.2. The van der Waals surface area contributed by atoms with Crippen LogP contribution in [0, 0.1) is 0 Å². The van der Waals surface area contributed by atoms with Gasteiger partial charge in [0.25, 0.3) is 5.91 Å². The van der Waals surface area contributed by atoms with Crippen molar-refractivity contribution in [3.63, 3.8) is 0 Å². The van der Waals surface area contributed by atoms with Crippen molar-refractivity contribution < 1.29 is 9.53 Å². The van der Waals surface area contributed by atoms with Crippen LogP contribution in [0.1, 0.15) is 24.5 Å². The van der Waals surface area contributed by atoms with Crippen molar-refractivity contribution in [2.45, 2.75) is 25.0 Å². The summed E-state index contributed by atoms with van der Waals surface area (Å²) in [5, 5.41) is 3.82. The summed E-state index contributed by atoms with van der Waals surface area (Å²) in [5.41, 5.74) is 0.798. The largest absolute Gasteiger partial charge is 0.476 e. The second kappa shape index (κ2) is 6.59. The van der Waals surface area contributed by atoms with E-state index in [0.29, 0.717) is 15.8 Å². The number of amides is 1. The Morgan fingerprint density at radius 3 is 2.45 bits per heavy atom. The zero-order chi connectivity index (χ0) is 15.5. The molecule has 1 fully saturated rings. The first-order chi connectivity index (χ1) is 10.6. The molecular weight excluding hydrogens is 321 g/mol. The number of hydrogen-bond acceptors (Lipinski definition) is 2. The minimum Gasteiger partial charge on any atom is -0.476 e. The summed E-state index contributed by atoms with van der Waals surface area (Å²) in [6.45, 7) is 0. The standard InChI is InChI=1S/C17H15Cl2NO2/c18-14-9-8-13(10-15(14)19)22-16(11-4-2-1-3-5-11)17(21)20-12-6-7-12/h1-5,8-10,12,16H,6-7H2,(H,20,21)/t16-/m0/s1. The van der Waals surface area contributed by atoms with Crippen molar-refractivity contribution in [2.75, 3.05) is 0 Å². The molecule has 0 radical (unpaired) electrons. The van der Waals surface area contributed by atoms with Crippen molar-refractivity contribution in [2.24, 2.45) is 0 Å². The Kier molecular flexibility index (Phi) is 4.55. The summed E-state index contributed by atoms with van der Waals surface area (Å²) in [5.74, 6) is 0.369. The highest BCUT2D eigenvalue weighted by Crippen LogP contribution is 2.30. The van der Waals surface area contributed by atoms with Gasteiger partial charge < -0.3 is 10.1 Å². The number of carbonyl (C=O) groups is 1. The lowest BCUT2D eigenvalue weighted by Gasteiger charge is -2.19. The predicted molar refractivity (Wildman–Crippen MR) is 87.4 cm³/mol. The van der Waals surface area contributed by atoms with E-state index < -0.39 is 6.10 Å². The van der Waals surface area contributed by atoms with Gasteiger partial charge in [-0.25, -0.2) is 0 Å². The number of carbonyl (C=O) groups excluding carboxylic acids is 1. The van der Waals surface area contributed by atoms with E-state index in [9.17, 15) is 4.79 Å². The van der Waals surface area contributed by atoms with Gasteiger partial charge in [0.15, 0.2) is 0 Å². The van der Waals surface area contributed by atoms with Gasteiger partial charge >= 0.3 is 0 Å². The van der Waals surface area contributed by atoms with Crippen molar-refractivity contribution >= 4 is 29.1 Å². The molecule has 3 rings (SSSR count). The molecule has 1 saturated carbocycles. The Balaban J connectivity index is 1.83. The van der Waals surface area contributed by atoms with E-state index in [2.05, 4.69) is 5.32 Å². The Morgan fingerprint density at radius 2 is 1.82 bits per heavy atom. The van der Waals surface area contributed by atoms with Gasteiger partial charge in [-0.05, 0) is 25.0 Å². The molecule has 1 amide bonds. The number of halogens is 2. The number of ether oxygens (including phenoxy) is 1. The van der Waals surface area contributed by atoms with Gasteiger partial charge in [-0.2, -0.15) is 0 Å². The van der Waals surface area contributed by atoms with E-state index in [0.717, 1.165) is 18.4 Å². The molecule has 2 aromatic carbocycles. The van der Waals surface area contributed by atoms with Crippen molar-refractivity contribution in [1.82, 2.24) is 5.32 Å². The lowest BCUT2D eigenvalue weighted by Crippen LogP contribution is -2.33. The van der Waals surface area contributed by atoms with Gasteiger partial charge in [-0.1, -0.05) is 53.5 Å². The molecule has 0 saturated heterocycles. The summed E-state index contributed by atoms with van der Waals surface area (Å²) in [7, 11) is 0. The first-order valence-electron chi connectivity index (χ1n) is 7.10. The van der Waals surface area contributed by atoms with Crippen molar-refractivity contribution in [3.05, 3.63) is 64.1 Å². The zero-order valence-corrected chi connectivity index (χ0v) is 13.3. The predicted octanol–water partition coefficient (Wildman–Crippen LogP) is 4.39. The molecule has 114 valence electrons. The SMILES string of the molecule is O=C(NC1CC1)[C@@H](Oc1ccc(Cl)c(Cl)c1)c1ccccc1. The fourth-order valence-corrected chi connectivity index (χ4v) is 2.38. The third-order valence-electron chi connectivity index (χ3n) is 3.41. The highest BCUT2D eigenvalue weighted by Gasteiger charge is 2.29. The van der Waals surface area contributed by atoms with Crippen molar-refractivity contribution in [3.8, 4) is 5.75 Å². The third-order valence-corrected chi connectivity index (χ3v) is 4.15. The van der Waals surface area contributed by atoms with Crippen LogP contribution in [0.2, 0.25) is 10.0 Å². The Hall–Kier alpha value is -1.71. The Bertz CT molecular complexity index is 672. The van der Waals surface area contributed by atoms with Gasteiger partial charge in [0, 0.05) is 17.7 Å². The van der Waals surface area contributed by atoms with E-state index in [1.165, 1.54) is 0 Å². The quantitative estimate of drug-likeness (QED) is 0.879. The van der Waals surface area contributed by atoms with Crippen LogP contribution in [0.4, 0.5) is 0 Å². The molecule has 0 unspecified atom stereocenters. The maximum atomic E-state index is 12.5. The molecule has 0 aliphatic heterocycles. The fraction of sp³-hybridized carbons (Fsp3) is 0.235. The highest BCUT2D eigenvalue weighted by molar-refractivity contribution is 6.42. The van der Waals surface area contributed by atoms with E-state index in [-0.39, 0.29) is 11.9 Å². The summed E-state index contributed by atoms with van der Waals surface area (Å²) in [6, 6.07) is 14.6. The fourth-order valence-electron chi connectivity index (χ4n) is 2.09. The molecule has 5 heteroatoms. The van der Waals surface area contributed by atoms with E-state index in [4.69, 9.17) is 27.9 Å². The summed E-state index contributed by atoms with van der Waals surface area (Å²) in [4.78, 5) is 12.5. The summed E-state index contributed by atoms with van der Waals surface area (Å²) >= 11 is 11.9. The smallest absolute Gasteiger partial charge is 0.266 e. The van der Waals surface area contributed by atoms with Gasteiger partial charge in [0.05, 0.1) is 10.0 Å². The second-order valence-corrected chi connectivity index (χ2v) is 6.08. The lowest BCUT2D eigenvalue weighted by atomic mass is 10.1.